The van der Waals surface area contributed by atoms with E-state index in [1.54, 1.807) is 23.7 Å². The molecule has 0 saturated heterocycles. The minimum Gasteiger partial charge on any atom is -0.356 e. The van der Waals surface area contributed by atoms with Crippen LogP contribution in [0.3, 0.4) is 0 Å². The Morgan fingerprint density at radius 3 is 2.88 bits per heavy atom. The molecule has 0 fully saturated rings. The molecule has 2 aromatic rings. The molecule has 0 unspecified atom stereocenters. The van der Waals surface area contributed by atoms with Gasteiger partial charge in [-0.25, -0.2) is 4.98 Å². The van der Waals surface area contributed by atoms with Crippen molar-refractivity contribution < 1.29 is 4.79 Å². The van der Waals surface area contributed by atoms with E-state index in [1.165, 1.54) is 0 Å². The van der Waals surface area contributed by atoms with Gasteiger partial charge < -0.3 is 5.32 Å². The third-order valence-electron chi connectivity index (χ3n) is 2.19. The van der Waals surface area contributed by atoms with Gasteiger partial charge in [-0.1, -0.05) is 0 Å². The van der Waals surface area contributed by atoms with Crippen molar-refractivity contribution in [1.29, 1.82) is 0 Å². The second-order valence-corrected chi connectivity index (χ2v) is 4.37. The average molecular weight is 247 g/mol. The van der Waals surface area contributed by atoms with Crippen molar-refractivity contribution in [2.45, 2.75) is 13.3 Å². The lowest BCUT2D eigenvalue weighted by molar-refractivity contribution is -0.120. The van der Waals surface area contributed by atoms with E-state index in [9.17, 15) is 4.79 Å². The standard InChI is InChI=1S/C12H13N3OS/c1-2-14-11(16)7-10-8-17-12(15-10)9-3-5-13-6-4-9/h3-6,8H,2,7H2,1H3,(H,14,16). The monoisotopic (exact) mass is 247 g/mol. The van der Waals surface area contributed by atoms with Crippen LogP contribution in [0.4, 0.5) is 0 Å². The fourth-order valence-electron chi connectivity index (χ4n) is 1.44. The molecule has 0 spiro atoms. The van der Waals surface area contributed by atoms with E-state index in [0.717, 1.165) is 16.3 Å². The summed E-state index contributed by atoms with van der Waals surface area (Å²) in [5, 5.41) is 5.60. The summed E-state index contributed by atoms with van der Waals surface area (Å²) >= 11 is 1.54. The number of amides is 1. The maximum atomic E-state index is 11.4. The topological polar surface area (TPSA) is 54.9 Å². The van der Waals surface area contributed by atoms with E-state index >= 15 is 0 Å². The van der Waals surface area contributed by atoms with E-state index in [0.29, 0.717) is 13.0 Å². The zero-order valence-electron chi connectivity index (χ0n) is 9.51. The van der Waals surface area contributed by atoms with Gasteiger partial charge in [0.2, 0.25) is 5.91 Å². The molecule has 2 heterocycles. The SMILES string of the molecule is CCNC(=O)Cc1csc(-c2ccncc2)n1. The Morgan fingerprint density at radius 2 is 2.18 bits per heavy atom. The summed E-state index contributed by atoms with van der Waals surface area (Å²) in [6, 6.07) is 3.82. The van der Waals surface area contributed by atoms with Crippen LogP contribution in [0, 0.1) is 0 Å². The molecular weight excluding hydrogens is 234 g/mol. The van der Waals surface area contributed by atoms with Crippen molar-refractivity contribution in [3.8, 4) is 10.6 Å². The summed E-state index contributed by atoms with van der Waals surface area (Å²) in [7, 11) is 0. The second-order valence-electron chi connectivity index (χ2n) is 3.51. The number of rotatable bonds is 4. The van der Waals surface area contributed by atoms with Gasteiger partial charge in [0, 0.05) is 29.9 Å². The molecule has 2 rings (SSSR count). The van der Waals surface area contributed by atoms with Crippen LogP contribution in [0.5, 0.6) is 0 Å². The van der Waals surface area contributed by atoms with Crippen LogP contribution in [0.25, 0.3) is 10.6 Å². The Labute approximate surface area is 104 Å². The smallest absolute Gasteiger partial charge is 0.226 e. The number of nitrogens with zero attached hydrogens (tertiary/aromatic N) is 2. The van der Waals surface area contributed by atoms with Crippen molar-refractivity contribution in [2.75, 3.05) is 6.54 Å². The Kier molecular flexibility index (Phi) is 3.82. The molecule has 17 heavy (non-hydrogen) atoms. The quantitative estimate of drug-likeness (QED) is 0.897. The number of hydrogen-bond donors (Lipinski definition) is 1. The molecule has 0 saturated carbocycles. The molecule has 0 bridgehead atoms. The van der Waals surface area contributed by atoms with E-state index in [4.69, 9.17) is 0 Å². The third-order valence-corrected chi connectivity index (χ3v) is 3.13. The largest absolute Gasteiger partial charge is 0.356 e. The highest BCUT2D eigenvalue weighted by molar-refractivity contribution is 7.13. The van der Waals surface area contributed by atoms with E-state index in [1.807, 2.05) is 24.4 Å². The van der Waals surface area contributed by atoms with Crippen LogP contribution in [0.1, 0.15) is 12.6 Å². The van der Waals surface area contributed by atoms with Gasteiger partial charge in [0.25, 0.3) is 0 Å². The zero-order valence-corrected chi connectivity index (χ0v) is 10.3. The summed E-state index contributed by atoms with van der Waals surface area (Å²) < 4.78 is 0. The van der Waals surface area contributed by atoms with E-state index in [2.05, 4.69) is 15.3 Å². The molecule has 0 atom stereocenters. The minimum absolute atomic E-state index is 0.0130. The van der Waals surface area contributed by atoms with Crippen molar-refractivity contribution in [3.05, 3.63) is 35.6 Å². The molecule has 2 aromatic heterocycles. The highest BCUT2D eigenvalue weighted by atomic mass is 32.1. The predicted molar refractivity (Wildman–Crippen MR) is 67.7 cm³/mol. The van der Waals surface area contributed by atoms with Crippen LogP contribution >= 0.6 is 11.3 Å². The van der Waals surface area contributed by atoms with Gasteiger partial charge in [0.05, 0.1) is 12.1 Å². The number of hydrogen-bond acceptors (Lipinski definition) is 4. The lowest BCUT2D eigenvalue weighted by atomic mass is 10.3. The first-order chi connectivity index (χ1) is 8.29. The Balaban J connectivity index is 2.09. The van der Waals surface area contributed by atoms with Gasteiger partial charge >= 0.3 is 0 Å². The number of thiazole rings is 1. The van der Waals surface area contributed by atoms with Gasteiger partial charge in [0.15, 0.2) is 0 Å². The van der Waals surface area contributed by atoms with E-state index in [-0.39, 0.29) is 5.91 Å². The van der Waals surface area contributed by atoms with Gasteiger partial charge in [0.1, 0.15) is 5.01 Å². The molecule has 0 aliphatic rings. The van der Waals surface area contributed by atoms with Gasteiger partial charge in [-0.2, -0.15) is 0 Å². The Hall–Kier alpha value is -1.75. The van der Waals surface area contributed by atoms with Crippen LogP contribution in [0.15, 0.2) is 29.9 Å². The molecule has 0 aromatic carbocycles. The lowest BCUT2D eigenvalue weighted by Crippen LogP contribution is -2.24. The van der Waals surface area contributed by atoms with Crippen LogP contribution in [0.2, 0.25) is 0 Å². The van der Waals surface area contributed by atoms with Crippen LogP contribution < -0.4 is 5.32 Å². The lowest BCUT2D eigenvalue weighted by Gasteiger charge is -1.98. The first kappa shape index (κ1) is 11.7. The van der Waals surface area contributed by atoms with Crippen molar-refractivity contribution in [2.24, 2.45) is 0 Å². The van der Waals surface area contributed by atoms with Crippen LogP contribution in [-0.4, -0.2) is 22.4 Å². The number of nitrogens with one attached hydrogen (secondary N) is 1. The Morgan fingerprint density at radius 1 is 1.41 bits per heavy atom. The minimum atomic E-state index is 0.0130. The first-order valence-electron chi connectivity index (χ1n) is 5.41. The highest BCUT2D eigenvalue weighted by Crippen LogP contribution is 2.22. The molecule has 0 aliphatic carbocycles. The van der Waals surface area contributed by atoms with E-state index < -0.39 is 0 Å². The van der Waals surface area contributed by atoms with Gasteiger partial charge in [-0.3, -0.25) is 9.78 Å². The molecule has 0 aliphatic heterocycles. The number of pyridine rings is 1. The molecule has 5 heteroatoms. The summed E-state index contributed by atoms with van der Waals surface area (Å²) in [5.74, 6) is 0.0130. The second kappa shape index (κ2) is 5.54. The van der Waals surface area contributed by atoms with Crippen LogP contribution in [-0.2, 0) is 11.2 Å². The summed E-state index contributed by atoms with van der Waals surface area (Å²) in [6.07, 6.45) is 3.82. The average Bonchev–Trinajstić information content (AvgIpc) is 2.79. The van der Waals surface area contributed by atoms with Gasteiger partial charge in [-0.15, -0.1) is 11.3 Å². The predicted octanol–water partition coefficient (Wildman–Crippen LogP) is 1.88. The Bertz CT molecular complexity index is 495. The summed E-state index contributed by atoms with van der Waals surface area (Å²) in [6.45, 7) is 2.56. The number of likely N-dealkylation sites (N-methyl/N-ethyl adjacent to an activating group) is 1. The zero-order chi connectivity index (χ0) is 12.1. The normalized spacial score (nSPS) is 10.2. The van der Waals surface area contributed by atoms with Crippen molar-refractivity contribution in [1.82, 2.24) is 15.3 Å². The molecule has 1 N–H and O–H groups in total. The molecule has 1 amide bonds. The fraction of sp³-hybridized carbons (Fsp3) is 0.250. The highest BCUT2D eigenvalue weighted by Gasteiger charge is 2.07. The maximum Gasteiger partial charge on any atom is 0.226 e. The van der Waals surface area contributed by atoms with Gasteiger partial charge in [-0.05, 0) is 19.1 Å². The fourth-order valence-corrected chi connectivity index (χ4v) is 2.27. The molecule has 0 radical (unpaired) electrons. The number of carbonyl (C=O) groups excluding carboxylic acids is 1. The van der Waals surface area contributed by atoms with Crippen molar-refractivity contribution in [3.63, 3.8) is 0 Å². The number of aromatic nitrogens is 2. The molecule has 4 nitrogen and oxygen atoms in total. The molecule has 88 valence electrons. The summed E-state index contributed by atoms with van der Waals surface area (Å²) in [4.78, 5) is 19.8. The maximum absolute atomic E-state index is 11.4. The third kappa shape index (κ3) is 3.10. The number of carbonyl (C=O) groups is 1. The first-order valence-corrected chi connectivity index (χ1v) is 6.29. The van der Waals surface area contributed by atoms with Crippen molar-refractivity contribution >= 4 is 17.2 Å². The summed E-state index contributed by atoms with van der Waals surface area (Å²) in [5.41, 5.74) is 1.85. The molecular formula is C12H13N3OS.